The first-order valence-electron chi connectivity index (χ1n) is 17.8. The van der Waals surface area contributed by atoms with Gasteiger partial charge in [-0.05, 0) is 85.5 Å². The van der Waals surface area contributed by atoms with Gasteiger partial charge in [0.15, 0.2) is 0 Å². The lowest BCUT2D eigenvalue weighted by Crippen LogP contribution is -2.43. The van der Waals surface area contributed by atoms with Gasteiger partial charge in [-0.3, -0.25) is 5.32 Å². The Labute approximate surface area is 293 Å². The lowest BCUT2D eigenvalue weighted by Gasteiger charge is -2.35. The highest BCUT2D eigenvalue weighted by Crippen LogP contribution is 2.55. The molecule has 2 aliphatic carbocycles. The largest absolute Gasteiger partial charge is 0.457 e. The minimum atomic E-state index is -0.145. The number of ether oxygens (including phenoxy) is 1. The van der Waals surface area contributed by atoms with E-state index in [0.29, 0.717) is 0 Å². The molecular formula is C47H38N2O. The third-order valence-corrected chi connectivity index (χ3v) is 11.3. The van der Waals surface area contributed by atoms with Crippen molar-refractivity contribution in [2.75, 3.05) is 0 Å². The highest BCUT2D eigenvalue weighted by Gasteiger charge is 2.41. The molecule has 0 radical (unpaired) electrons. The van der Waals surface area contributed by atoms with Gasteiger partial charge in [-0.25, -0.2) is 0 Å². The average Bonchev–Trinajstić information content (AvgIpc) is 3.67. The summed E-state index contributed by atoms with van der Waals surface area (Å²) in [5.41, 5.74) is 14.1. The van der Waals surface area contributed by atoms with Crippen LogP contribution in [-0.4, -0.2) is 0 Å². The summed E-state index contributed by atoms with van der Waals surface area (Å²) in [5.74, 6) is 2.12. The molecule has 0 amide bonds. The van der Waals surface area contributed by atoms with E-state index >= 15 is 0 Å². The van der Waals surface area contributed by atoms with Crippen molar-refractivity contribution in [1.82, 2.24) is 10.6 Å². The fourth-order valence-corrected chi connectivity index (χ4v) is 8.82. The summed E-state index contributed by atoms with van der Waals surface area (Å²) in [5, 5.41) is 10.3. The Morgan fingerprint density at radius 2 is 1.48 bits per heavy atom. The van der Waals surface area contributed by atoms with Crippen molar-refractivity contribution < 1.29 is 4.74 Å². The van der Waals surface area contributed by atoms with Gasteiger partial charge in [0.1, 0.15) is 17.7 Å². The molecule has 10 rings (SSSR count). The molecule has 0 fully saturated rings. The summed E-state index contributed by atoms with van der Waals surface area (Å²) in [6.45, 7) is 4.80. The molecule has 0 saturated carbocycles. The maximum absolute atomic E-state index is 6.55. The lowest BCUT2D eigenvalue weighted by molar-refractivity contribution is 0.309. The number of allylic oxidation sites excluding steroid dienone is 4. The van der Waals surface area contributed by atoms with Crippen LogP contribution in [-0.2, 0) is 5.41 Å². The lowest BCUT2D eigenvalue weighted by atomic mass is 9.78. The van der Waals surface area contributed by atoms with E-state index in [2.05, 4.69) is 176 Å². The van der Waals surface area contributed by atoms with Crippen LogP contribution in [0.2, 0.25) is 0 Å². The predicted octanol–water partition coefficient (Wildman–Crippen LogP) is 11.0. The van der Waals surface area contributed by atoms with E-state index in [0.717, 1.165) is 23.6 Å². The Hall–Kier alpha value is -5.64. The number of fused-ring (bicyclic) bond motifs is 8. The smallest absolute Gasteiger partial charge is 0.145 e. The fraction of sp³-hybridized carbons (Fsp3) is 0.149. The second-order valence-corrected chi connectivity index (χ2v) is 14.5. The standard InChI is InChI=1S/C47H38N2O/c1-47(2)39-28-33(25-26-36(39)41-38(30-13-5-3-6-14-30)27-34-17-9-10-18-35(34)42(41)47)29-21-23-31(24-22-29)43-45-44(37-19-11-12-20-40(37)50-45)49-46(48-43)32-15-7-4-8-16-32/h3-23,25-28,31,44,46,48-49H,24H2,1-2H3. The van der Waals surface area contributed by atoms with E-state index in [1.807, 2.05) is 0 Å². The molecule has 3 atom stereocenters. The van der Waals surface area contributed by atoms with Gasteiger partial charge in [0.2, 0.25) is 0 Å². The van der Waals surface area contributed by atoms with Crippen LogP contribution in [0.1, 0.15) is 60.3 Å². The van der Waals surface area contributed by atoms with Crippen molar-refractivity contribution in [2.24, 2.45) is 5.92 Å². The van der Waals surface area contributed by atoms with Crippen molar-refractivity contribution in [3.63, 3.8) is 0 Å². The molecule has 0 saturated heterocycles. The van der Waals surface area contributed by atoms with Crippen molar-refractivity contribution in [3.05, 3.63) is 191 Å². The van der Waals surface area contributed by atoms with Crippen molar-refractivity contribution in [2.45, 2.75) is 37.9 Å². The van der Waals surface area contributed by atoms with Gasteiger partial charge in [0.05, 0.1) is 11.7 Å². The molecule has 3 nitrogen and oxygen atoms in total. The number of hydrogen-bond acceptors (Lipinski definition) is 3. The van der Waals surface area contributed by atoms with Crippen LogP contribution in [0.3, 0.4) is 0 Å². The fourth-order valence-electron chi connectivity index (χ4n) is 8.82. The number of benzene rings is 6. The molecule has 0 aromatic heterocycles. The van der Waals surface area contributed by atoms with Crippen LogP contribution in [0.15, 0.2) is 163 Å². The van der Waals surface area contributed by atoms with Crippen LogP contribution in [0.25, 0.3) is 38.6 Å². The Kier molecular flexibility index (Phi) is 6.56. The molecular weight excluding hydrogens is 609 g/mol. The maximum Gasteiger partial charge on any atom is 0.145 e. The Morgan fingerprint density at radius 3 is 2.30 bits per heavy atom. The first-order valence-corrected chi connectivity index (χ1v) is 17.8. The highest BCUT2D eigenvalue weighted by atomic mass is 16.5. The summed E-state index contributed by atoms with van der Waals surface area (Å²) >= 11 is 0. The van der Waals surface area contributed by atoms with Gasteiger partial charge in [-0.15, -0.1) is 0 Å². The van der Waals surface area contributed by atoms with Gasteiger partial charge in [-0.2, -0.15) is 0 Å². The SMILES string of the molecule is CC1(C)c2cc(C3=CCC(C4=C5Oc6ccccc6C5NC(c5ccccc5)N4)C=C3)ccc2-c2c(-c3ccccc3)cc3ccccc3c21. The maximum atomic E-state index is 6.55. The van der Waals surface area contributed by atoms with E-state index in [1.165, 1.54) is 66.4 Å². The molecule has 0 spiro atoms. The predicted molar refractivity (Wildman–Crippen MR) is 204 cm³/mol. The third kappa shape index (κ3) is 4.47. The molecule has 6 aromatic rings. The van der Waals surface area contributed by atoms with Crippen LogP contribution in [0.4, 0.5) is 0 Å². The molecule has 2 heterocycles. The zero-order chi connectivity index (χ0) is 33.4. The summed E-state index contributed by atoms with van der Waals surface area (Å²) in [6.07, 6.45) is 8.00. The van der Waals surface area contributed by atoms with Crippen molar-refractivity contribution in [1.29, 1.82) is 0 Å². The molecule has 2 N–H and O–H groups in total. The molecule has 242 valence electrons. The molecule has 4 aliphatic rings. The molecule has 3 unspecified atom stereocenters. The number of hydrogen-bond donors (Lipinski definition) is 2. The van der Waals surface area contributed by atoms with E-state index < -0.39 is 0 Å². The van der Waals surface area contributed by atoms with Gasteiger partial charge < -0.3 is 10.1 Å². The summed E-state index contributed by atoms with van der Waals surface area (Å²) in [7, 11) is 0. The van der Waals surface area contributed by atoms with Gasteiger partial charge in [0.25, 0.3) is 0 Å². The van der Waals surface area contributed by atoms with E-state index in [-0.39, 0.29) is 23.5 Å². The molecule has 6 aromatic carbocycles. The van der Waals surface area contributed by atoms with Crippen LogP contribution in [0.5, 0.6) is 5.75 Å². The van der Waals surface area contributed by atoms with Gasteiger partial charge >= 0.3 is 0 Å². The van der Waals surface area contributed by atoms with Gasteiger partial charge in [0, 0.05) is 16.9 Å². The van der Waals surface area contributed by atoms with Crippen LogP contribution in [0, 0.1) is 5.92 Å². The molecule has 2 aliphatic heterocycles. The van der Waals surface area contributed by atoms with Gasteiger partial charge in [-0.1, -0.05) is 147 Å². The zero-order valence-corrected chi connectivity index (χ0v) is 28.3. The average molecular weight is 647 g/mol. The van der Waals surface area contributed by atoms with E-state index in [9.17, 15) is 0 Å². The third-order valence-electron chi connectivity index (χ3n) is 11.3. The van der Waals surface area contributed by atoms with Crippen molar-refractivity contribution in [3.8, 4) is 28.0 Å². The summed E-state index contributed by atoms with van der Waals surface area (Å²) in [6, 6.07) is 48.4. The Morgan fingerprint density at radius 1 is 0.720 bits per heavy atom. The summed E-state index contributed by atoms with van der Waals surface area (Å²) < 4.78 is 6.55. The monoisotopic (exact) mass is 646 g/mol. The second-order valence-electron chi connectivity index (χ2n) is 14.5. The van der Waals surface area contributed by atoms with E-state index in [1.54, 1.807) is 0 Å². The minimum Gasteiger partial charge on any atom is -0.457 e. The summed E-state index contributed by atoms with van der Waals surface area (Å²) in [4.78, 5) is 0. The van der Waals surface area contributed by atoms with Crippen LogP contribution < -0.4 is 15.4 Å². The van der Waals surface area contributed by atoms with Crippen LogP contribution >= 0.6 is 0 Å². The topological polar surface area (TPSA) is 33.3 Å². The molecule has 3 heteroatoms. The highest BCUT2D eigenvalue weighted by molar-refractivity contribution is 6.05. The first kappa shape index (κ1) is 29.3. The van der Waals surface area contributed by atoms with E-state index in [4.69, 9.17) is 4.74 Å². The Balaban J connectivity index is 1.01. The van der Waals surface area contributed by atoms with Crippen molar-refractivity contribution >= 4 is 16.3 Å². The quantitative estimate of drug-likeness (QED) is 0.200. The minimum absolute atomic E-state index is 0.00841. The number of rotatable bonds is 4. The zero-order valence-electron chi connectivity index (χ0n) is 28.3. The molecule has 0 bridgehead atoms. The Bertz CT molecular complexity index is 2420. The first-order chi connectivity index (χ1) is 24.5. The number of para-hydroxylation sites is 1. The number of nitrogens with one attached hydrogen (secondary N) is 2. The second kappa shape index (κ2) is 11.2. The molecule has 50 heavy (non-hydrogen) atoms. The normalized spacial score (nSPS) is 21.1.